The number of nitrogens with zero attached hydrogens (tertiary/aromatic N) is 1. The molecule has 0 heterocycles. The molecule has 8 heteroatoms. The Bertz CT molecular complexity index is 754. The van der Waals surface area contributed by atoms with E-state index < -0.39 is 22.1 Å². The van der Waals surface area contributed by atoms with Crippen LogP contribution in [0.3, 0.4) is 0 Å². The van der Waals surface area contributed by atoms with Crippen LogP contribution in [0.5, 0.6) is 0 Å². The molecule has 7 nitrogen and oxygen atoms in total. The highest BCUT2D eigenvalue weighted by molar-refractivity contribution is 7.89. The van der Waals surface area contributed by atoms with Crippen LogP contribution in [0.25, 0.3) is 0 Å². The molecule has 1 N–H and O–H groups in total. The summed E-state index contributed by atoms with van der Waals surface area (Å²) in [4.78, 5) is 24.2. The highest BCUT2D eigenvalue weighted by Gasteiger charge is 2.28. The minimum absolute atomic E-state index is 0.000125. The highest BCUT2D eigenvalue weighted by atomic mass is 32.2. The Morgan fingerprint density at radius 1 is 1.29 bits per heavy atom. The molecule has 1 aromatic rings. The minimum Gasteiger partial charge on any atom is -0.449 e. The van der Waals surface area contributed by atoms with Crippen LogP contribution < -0.4 is 5.32 Å². The Kier molecular flexibility index (Phi) is 5.29. The Labute approximate surface area is 142 Å². The third-order valence-corrected chi connectivity index (χ3v) is 5.60. The van der Waals surface area contributed by atoms with Crippen molar-refractivity contribution in [3.63, 3.8) is 0 Å². The van der Waals surface area contributed by atoms with E-state index in [0.29, 0.717) is 5.56 Å². The van der Waals surface area contributed by atoms with Gasteiger partial charge in [-0.3, -0.25) is 4.79 Å². The normalized spacial score (nSPS) is 15.9. The zero-order valence-corrected chi connectivity index (χ0v) is 15.0. The fraction of sp³-hybridized carbons (Fsp3) is 0.500. The molecule has 1 atom stereocenters. The van der Waals surface area contributed by atoms with Gasteiger partial charge in [-0.15, -0.1) is 0 Å². The summed E-state index contributed by atoms with van der Waals surface area (Å²) < 4.78 is 30.6. The predicted octanol–water partition coefficient (Wildman–Crippen LogP) is 1.07. The molecule has 0 bridgehead atoms. The Balaban J connectivity index is 2.17. The van der Waals surface area contributed by atoms with Crippen molar-refractivity contribution in [2.75, 3.05) is 14.1 Å². The molecule has 0 radical (unpaired) electrons. The van der Waals surface area contributed by atoms with Crippen LogP contribution in [0.15, 0.2) is 23.1 Å². The molecule has 1 fully saturated rings. The number of amides is 1. The zero-order valence-electron chi connectivity index (χ0n) is 14.2. The lowest BCUT2D eigenvalue weighted by Gasteiger charge is -2.16. The van der Waals surface area contributed by atoms with E-state index >= 15 is 0 Å². The van der Waals surface area contributed by atoms with Crippen LogP contribution in [-0.4, -0.2) is 50.8 Å². The van der Waals surface area contributed by atoms with Gasteiger partial charge in [0, 0.05) is 20.1 Å². The van der Waals surface area contributed by atoms with Crippen molar-refractivity contribution < 1.29 is 22.7 Å². The number of carbonyl (C=O) groups is 2. The molecule has 0 aliphatic heterocycles. The maximum absolute atomic E-state index is 12.3. The molecule has 132 valence electrons. The number of aryl methyl sites for hydroxylation is 1. The third kappa shape index (κ3) is 4.12. The molecule has 24 heavy (non-hydrogen) atoms. The lowest BCUT2D eigenvalue weighted by atomic mass is 10.1. The van der Waals surface area contributed by atoms with Crippen molar-refractivity contribution in [3.8, 4) is 0 Å². The van der Waals surface area contributed by atoms with Crippen molar-refractivity contribution in [2.24, 2.45) is 0 Å². The summed E-state index contributed by atoms with van der Waals surface area (Å²) in [5.41, 5.74) is 0.705. The van der Waals surface area contributed by atoms with Crippen LogP contribution in [0.2, 0.25) is 0 Å². The first-order valence-electron chi connectivity index (χ1n) is 7.67. The maximum Gasteiger partial charge on any atom is 0.339 e. The number of sulfonamides is 1. The monoisotopic (exact) mass is 354 g/mol. The summed E-state index contributed by atoms with van der Waals surface area (Å²) in [6.07, 6.45) is 0.943. The van der Waals surface area contributed by atoms with E-state index in [2.05, 4.69) is 5.32 Å². The van der Waals surface area contributed by atoms with Crippen LogP contribution in [0.4, 0.5) is 0 Å². The van der Waals surface area contributed by atoms with Crippen molar-refractivity contribution in [2.45, 2.75) is 43.7 Å². The number of hydrogen-bond donors (Lipinski definition) is 1. The second-order valence-corrected chi connectivity index (χ2v) is 8.25. The largest absolute Gasteiger partial charge is 0.449 e. The number of nitrogens with one attached hydrogen (secondary N) is 1. The summed E-state index contributed by atoms with van der Waals surface area (Å²) in [5, 5.41) is 2.76. The van der Waals surface area contributed by atoms with Gasteiger partial charge in [0.05, 0.1) is 10.5 Å². The number of carbonyl (C=O) groups excluding carboxylic acids is 2. The van der Waals surface area contributed by atoms with Gasteiger partial charge in [-0.1, -0.05) is 6.07 Å². The molecule has 2 rings (SSSR count). The van der Waals surface area contributed by atoms with Gasteiger partial charge >= 0.3 is 5.97 Å². The number of benzene rings is 1. The molecule has 0 aromatic heterocycles. The standard InChI is InChI=1S/C16H22N2O5S/c1-10-5-8-13(24(21,22)18(3)4)9-14(10)16(20)23-11(2)15(19)17-12-6-7-12/h5,8-9,11-12H,6-7H2,1-4H3,(H,17,19)/t11-/m1/s1. The van der Waals surface area contributed by atoms with Gasteiger partial charge in [-0.05, 0) is 44.4 Å². The molecule has 1 amide bonds. The molecule has 1 saturated carbocycles. The first-order valence-corrected chi connectivity index (χ1v) is 9.11. The quantitative estimate of drug-likeness (QED) is 0.772. The molecular formula is C16H22N2O5S. The summed E-state index contributed by atoms with van der Waals surface area (Å²) in [5.74, 6) is -1.07. The van der Waals surface area contributed by atoms with E-state index in [9.17, 15) is 18.0 Å². The van der Waals surface area contributed by atoms with Gasteiger partial charge in [0.25, 0.3) is 5.91 Å². The molecular weight excluding hydrogens is 332 g/mol. The van der Waals surface area contributed by atoms with E-state index in [4.69, 9.17) is 4.74 Å². The summed E-state index contributed by atoms with van der Waals surface area (Å²) in [7, 11) is -0.828. The SMILES string of the molecule is Cc1ccc(S(=O)(=O)N(C)C)cc1C(=O)O[C@H](C)C(=O)NC1CC1. The summed E-state index contributed by atoms with van der Waals surface area (Å²) >= 11 is 0. The van der Waals surface area contributed by atoms with Gasteiger partial charge in [0.15, 0.2) is 6.10 Å². The fourth-order valence-corrected chi connectivity index (χ4v) is 2.94. The number of rotatable bonds is 6. The van der Waals surface area contributed by atoms with E-state index in [-0.39, 0.29) is 22.4 Å². The molecule has 1 aliphatic rings. The first kappa shape index (κ1) is 18.4. The first-order chi connectivity index (χ1) is 11.1. The number of hydrogen-bond acceptors (Lipinski definition) is 5. The third-order valence-electron chi connectivity index (χ3n) is 3.78. The number of ether oxygens (including phenoxy) is 1. The lowest BCUT2D eigenvalue weighted by Crippen LogP contribution is -2.37. The van der Waals surface area contributed by atoms with Gasteiger partial charge in [0.1, 0.15) is 0 Å². The second-order valence-electron chi connectivity index (χ2n) is 6.09. The average Bonchev–Trinajstić information content (AvgIpc) is 3.30. The fourth-order valence-electron chi connectivity index (χ4n) is 2.02. The molecule has 1 aliphatic carbocycles. The predicted molar refractivity (Wildman–Crippen MR) is 88.1 cm³/mol. The molecule has 0 unspecified atom stereocenters. The maximum atomic E-state index is 12.3. The topological polar surface area (TPSA) is 92.8 Å². The Morgan fingerprint density at radius 3 is 2.46 bits per heavy atom. The van der Waals surface area contributed by atoms with Gasteiger partial charge in [0.2, 0.25) is 10.0 Å². The lowest BCUT2D eigenvalue weighted by molar-refractivity contribution is -0.129. The Morgan fingerprint density at radius 2 is 1.92 bits per heavy atom. The highest BCUT2D eigenvalue weighted by Crippen LogP contribution is 2.20. The number of esters is 1. The summed E-state index contributed by atoms with van der Waals surface area (Å²) in [6.45, 7) is 3.17. The van der Waals surface area contributed by atoms with Gasteiger partial charge in [-0.25, -0.2) is 17.5 Å². The van der Waals surface area contributed by atoms with E-state index in [1.807, 2.05) is 0 Å². The van der Waals surface area contributed by atoms with E-state index in [1.54, 1.807) is 13.0 Å². The van der Waals surface area contributed by atoms with Crippen molar-refractivity contribution in [1.82, 2.24) is 9.62 Å². The average molecular weight is 354 g/mol. The smallest absolute Gasteiger partial charge is 0.339 e. The minimum atomic E-state index is -3.66. The van der Waals surface area contributed by atoms with Crippen molar-refractivity contribution in [1.29, 1.82) is 0 Å². The van der Waals surface area contributed by atoms with Crippen LogP contribution in [0.1, 0.15) is 35.7 Å². The second kappa shape index (κ2) is 6.90. The van der Waals surface area contributed by atoms with Crippen LogP contribution >= 0.6 is 0 Å². The van der Waals surface area contributed by atoms with Gasteiger partial charge < -0.3 is 10.1 Å². The zero-order chi connectivity index (χ0) is 18.1. The van der Waals surface area contributed by atoms with E-state index in [0.717, 1.165) is 17.1 Å². The molecule has 0 spiro atoms. The van der Waals surface area contributed by atoms with Crippen molar-refractivity contribution >= 4 is 21.9 Å². The van der Waals surface area contributed by atoms with Crippen molar-refractivity contribution in [3.05, 3.63) is 29.3 Å². The van der Waals surface area contributed by atoms with Crippen LogP contribution in [0, 0.1) is 6.92 Å². The van der Waals surface area contributed by atoms with E-state index in [1.165, 1.54) is 33.2 Å². The molecule has 1 aromatic carbocycles. The van der Waals surface area contributed by atoms with Crippen LogP contribution in [-0.2, 0) is 19.6 Å². The Hall–Kier alpha value is -1.93. The summed E-state index contributed by atoms with van der Waals surface area (Å²) in [6, 6.07) is 4.43. The molecule has 0 saturated heterocycles. The van der Waals surface area contributed by atoms with Gasteiger partial charge in [-0.2, -0.15) is 0 Å².